The van der Waals surface area contributed by atoms with Crippen molar-refractivity contribution in [1.82, 2.24) is 10.0 Å². The van der Waals surface area contributed by atoms with Gasteiger partial charge >= 0.3 is 0 Å². The van der Waals surface area contributed by atoms with Crippen LogP contribution in [0.4, 0.5) is 0 Å². The zero-order chi connectivity index (χ0) is 16.5. The monoisotopic (exact) mass is 328 g/mol. The van der Waals surface area contributed by atoms with Crippen molar-refractivity contribution in [3.8, 4) is 0 Å². The third-order valence-corrected chi connectivity index (χ3v) is 5.25. The summed E-state index contributed by atoms with van der Waals surface area (Å²) in [6.45, 7) is 7.45. The standard InChI is InChI=1S/C15H24N2O4S/c1-5-22(19,20)16-9-14(18)17-12-7-15(3,4)8-13-11(12)6-10(2)21-13/h6,12,16H,5,7-9H2,1-4H3,(H,17,18). The molecule has 0 radical (unpaired) electrons. The van der Waals surface area contributed by atoms with Gasteiger partial charge in [0.15, 0.2) is 0 Å². The number of amides is 1. The molecule has 0 aromatic carbocycles. The first-order valence-electron chi connectivity index (χ1n) is 7.48. The van der Waals surface area contributed by atoms with Crippen LogP contribution < -0.4 is 10.0 Å². The minimum absolute atomic E-state index is 0.0260. The predicted molar refractivity (Wildman–Crippen MR) is 83.9 cm³/mol. The van der Waals surface area contributed by atoms with Crippen LogP contribution in [0.5, 0.6) is 0 Å². The van der Waals surface area contributed by atoms with E-state index in [1.807, 2.05) is 13.0 Å². The van der Waals surface area contributed by atoms with E-state index < -0.39 is 10.0 Å². The van der Waals surface area contributed by atoms with Crippen molar-refractivity contribution in [2.75, 3.05) is 12.3 Å². The van der Waals surface area contributed by atoms with E-state index in [0.29, 0.717) is 0 Å². The van der Waals surface area contributed by atoms with Crippen molar-refractivity contribution in [2.24, 2.45) is 5.41 Å². The molecule has 1 amide bonds. The van der Waals surface area contributed by atoms with Crippen LogP contribution in [0.2, 0.25) is 0 Å². The summed E-state index contributed by atoms with van der Waals surface area (Å²) in [5.74, 6) is 1.37. The van der Waals surface area contributed by atoms with E-state index in [1.54, 1.807) is 0 Å². The quantitative estimate of drug-likeness (QED) is 0.860. The molecule has 2 N–H and O–H groups in total. The largest absolute Gasteiger partial charge is 0.466 e. The van der Waals surface area contributed by atoms with Crippen molar-refractivity contribution in [3.63, 3.8) is 0 Å². The van der Waals surface area contributed by atoms with Gasteiger partial charge in [-0.3, -0.25) is 4.79 Å². The molecule has 0 aliphatic heterocycles. The zero-order valence-corrected chi connectivity index (χ0v) is 14.3. The maximum absolute atomic E-state index is 12.0. The Morgan fingerprint density at radius 3 is 2.77 bits per heavy atom. The maximum atomic E-state index is 12.0. The number of carbonyl (C=O) groups excluding carboxylic acids is 1. The molecule has 0 bridgehead atoms. The number of rotatable bonds is 5. The summed E-state index contributed by atoms with van der Waals surface area (Å²) in [6.07, 6.45) is 1.64. The van der Waals surface area contributed by atoms with Crippen LogP contribution >= 0.6 is 0 Å². The Morgan fingerprint density at radius 1 is 1.45 bits per heavy atom. The molecule has 1 atom stereocenters. The molecule has 1 aromatic heterocycles. The average Bonchev–Trinajstić information content (AvgIpc) is 2.75. The highest BCUT2D eigenvalue weighted by Crippen LogP contribution is 2.41. The molecule has 0 spiro atoms. The Labute approximate surface area is 131 Å². The van der Waals surface area contributed by atoms with Crippen molar-refractivity contribution in [3.05, 3.63) is 23.2 Å². The van der Waals surface area contributed by atoms with E-state index in [4.69, 9.17) is 4.42 Å². The fourth-order valence-electron chi connectivity index (χ4n) is 2.84. The van der Waals surface area contributed by atoms with Gasteiger partial charge in [0.05, 0.1) is 18.3 Å². The number of nitrogens with one attached hydrogen (secondary N) is 2. The van der Waals surface area contributed by atoms with Crippen LogP contribution in [0, 0.1) is 12.3 Å². The highest BCUT2D eigenvalue weighted by Gasteiger charge is 2.35. The van der Waals surface area contributed by atoms with Crippen LogP contribution in [0.25, 0.3) is 0 Å². The van der Waals surface area contributed by atoms with Gasteiger partial charge in [-0.05, 0) is 31.7 Å². The third-order valence-electron chi connectivity index (χ3n) is 3.90. The molecule has 1 unspecified atom stereocenters. The number of hydrogen-bond acceptors (Lipinski definition) is 4. The first-order valence-corrected chi connectivity index (χ1v) is 9.13. The molecule has 0 fully saturated rings. The molecule has 1 heterocycles. The summed E-state index contributed by atoms with van der Waals surface area (Å²) < 4.78 is 30.8. The molecule has 0 saturated heterocycles. The average molecular weight is 328 g/mol. The summed E-state index contributed by atoms with van der Waals surface area (Å²) in [5, 5.41) is 2.91. The van der Waals surface area contributed by atoms with Crippen LogP contribution in [0.15, 0.2) is 10.5 Å². The van der Waals surface area contributed by atoms with Gasteiger partial charge in [-0.15, -0.1) is 0 Å². The Kier molecular flexibility index (Phi) is 4.67. The number of hydrogen-bond donors (Lipinski definition) is 2. The van der Waals surface area contributed by atoms with Gasteiger partial charge in [-0.25, -0.2) is 13.1 Å². The molecule has 1 aromatic rings. The van der Waals surface area contributed by atoms with Gasteiger partial charge in [0, 0.05) is 12.0 Å². The molecule has 1 aliphatic carbocycles. The molecule has 22 heavy (non-hydrogen) atoms. The predicted octanol–water partition coefficient (Wildman–Crippen LogP) is 1.66. The lowest BCUT2D eigenvalue weighted by molar-refractivity contribution is -0.121. The van der Waals surface area contributed by atoms with Gasteiger partial charge in [-0.1, -0.05) is 13.8 Å². The zero-order valence-electron chi connectivity index (χ0n) is 13.5. The van der Waals surface area contributed by atoms with Crippen LogP contribution in [-0.2, 0) is 21.2 Å². The van der Waals surface area contributed by atoms with Crippen molar-refractivity contribution >= 4 is 15.9 Å². The van der Waals surface area contributed by atoms with Gasteiger partial charge in [-0.2, -0.15) is 0 Å². The fourth-order valence-corrected chi connectivity index (χ4v) is 3.39. The summed E-state index contributed by atoms with van der Waals surface area (Å²) in [4.78, 5) is 12.0. The van der Waals surface area contributed by atoms with E-state index >= 15 is 0 Å². The normalized spacial score (nSPS) is 20.5. The molecular weight excluding hydrogens is 304 g/mol. The van der Waals surface area contributed by atoms with E-state index in [9.17, 15) is 13.2 Å². The minimum atomic E-state index is -3.36. The third kappa shape index (κ3) is 4.10. The van der Waals surface area contributed by atoms with Crippen molar-refractivity contribution < 1.29 is 17.6 Å². The molecule has 2 rings (SSSR count). The Bertz CT molecular complexity index is 661. The number of fused-ring (bicyclic) bond motifs is 1. The molecule has 7 heteroatoms. The number of aryl methyl sites for hydroxylation is 1. The van der Waals surface area contributed by atoms with Crippen LogP contribution in [-0.4, -0.2) is 26.6 Å². The summed E-state index contributed by atoms with van der Waals surface area (Å²) >= 11 is 0. The second-order valence-electron chi connectivity index (χ2n) is 6.63. The summed E-state index contributed by atoms with van der Waals surface area (Å²) in [5.41, 5.74) is 1.03. The van der Waals surface area contributed by atoms with E-state index in [-0.39, 0.29) is 29.7 Å². The van der Waals surface area contributed by atoms with Crippen LogP contribution in [0.1, 0.15) is 50.3 Å². The lowest BCUT2D eigenvalue weighted by Crippen LogP contribution is -2.41. The smallest absolute Gasteiger partial charge is 0.235 e. The van der Waals surface area contributed by atoms with Gasteiger partial charge in [0.2, 0.25) is 15.9 Å². The van der Waals surface area contributed by atoms with E-state index in [1.165, 1.54) is 6.92 Å². The maximum Gasteiger partial charge on any atom is 0.235 e. The number of carbonyl (C=O) groups is 1. The molecular formula is C15H24N2O4S. The first-order chi connectivity index (χ1) is 10.1. The lowest BCUT2D eigenvalue weighted by Gasteiger charge is -2.34. The van der Waals surface area contributed by atoms with E-state index in [2.05, 4.69) is 23.9 Å². The molecule has 6 nitrogen and oxygen atoms in total. The Hall–Kier alpha value is -1.34. The molecule has 1 aliphatic rings. The Morgan fingerprint density at radius 2 is 2.14 bits per heavy atom. The van der Waals surface area contributed by atoms with Crippen LogP contribution in [0.3, 0.4) is 0 Å². The molecule has 0 saturated carbocycles. The number of sulfonamides is 1. The fraction of sp³-hybridized carbons (Fsp3) is 0.667. The topological polar surface area (TPSA) is 88.4 Å². The van der Waals surface area contributed by atoms with Gasteiger partial charge in [0.1, 0.15) is 11.5 Å². The molecule has 124 valence electrons. The van der Waals surface area contributed by atoms with Crippen molar-refractivity contribution in [1.29, 1.82) is 0 Å². The second kappa shape index (κ2) is 6.04. The summed E-state index contributed by atoms with van der Waals surface area (Å²) in [7, 11) is -3.36. The van der Waals surface area contributed by atoms with Crippen molar-refractivity contribution in [2.45, 2.75) is 46.6 Å². The van der Waals surface area contributed by atoms with Gasteiger partial charge in [0.25, 0.3) is 0 Å². The van der Waals surface area contributed by atoms with Gasteiger partial charge < -0.3 is 9.73 Å². The van der Waals surface area contributed by atoms with E-state index in [0.717, 1.165) is 29.9 Å². The summed E-state index contributed by atoms with van der Waals surface area (Å²) in [6, 6.07) is 1.81. The highest BCUT2D eigenvalue weighted by molar-refractivity contribution is 7.89. The second-order valence-corrected chi connectivity index (χ2v) is 8.72. The SMILES string of the molecule is CCS(=O)(=O)NCC(=O)NC1CC(C)(C)Cc2oc(C)cc21. The minimum Gasteiger partial charge on any atom is -0.466 e. The first kappa shape index (κ1) is 17.0. The lowest BCUT2D eigenvalue weighted by atomic mass is 9.74. The number of furan rings is 1. The highest BCUT2D eigenvalue weighted by atomic mass is 32.2. The Balaban J connectivity index is 2.07.